The zero-order chi connectivity index (χ0) is 14.7. The minimum Gasteiger partial charge on any atom is -0.368 e. The maximum atomic E-state index is 9.09. The van der Waals surface area contributed by atoms with Crippen LogP contribution in [0.5, 0.6) is 0 Å². The van der Waals surface area contributed by atoms with Crippen molar-refractivity contribution in [3.05, 3.63) is 28.2 Å². The number of benzene rings is 1. The number of nitrogens with zero attached hydrogens (tertiary/aromatic N) is 5. The van der Waals surface area contributed by atoms with Crippen molar-refractivity contribution < 1.29 is 0 Å². The summed E-state index contributed by atoms with van der Waals surface area (Å²) in [4.78, 5) is 14.0. The summed E-state index contributed by atoms with van der Waals surface area (Å²) in [5.74, 6) is 0.837. The largest absolute Gasteiger partial charge is 0.368 e. The highest BCUT2D eigenvalue weighted by Gasteiger charge is 2.09. The number of nitrogen functional groups attached to an aromatic ring is 1. The number of rotatable bonds is 3. The van der Waals surface area contributed by atoms with Crippen LogP contribution in [0.15, 0.2) is 22.7 Å². The van der Waals surface area contributed by atoms with Crippen LogP contribution in [0.4, 0.5) is 23.5 Å². The van der Waals surface area contributed by atoms with Gasteiger partial charge in [-0.3, -0.25) is 0 Å². The van der Waals surface area contributed by atoms with E-state index in [1.165, 1.54) is 0 Å². The second-order valence-corrected chi connectivity index (χ2v) is 5.05. The number of hydrogen-bond donors (Lipinski definition) is 2. The molecule has 0 radical (unpaired) electrons. The molecule has 7 nitrogen and oxygen atoms in total. The van der Waals surface area contributed by atoms with Crippen molar-refractivity contribution in [2.75, 3.05) is 30.0 Å². The minimum atomic E-state index is 0.111. The fourth-order valence-corrected chi connectivity index (χ4v) is 1.84. The van der Waals surface area contributed by atoms with Gasteiger partial charge in [0.05, 0.1) is 11.3 Å². The van der Waals surface area contributed by atoms with Crippen LogP contribution in [0.3, 0.4) is 0 Å². The highest BCUT2D eigenvalue weighted by Crippen LogP contribution is 2.23. The van der Waals surface area contributed by atoms with Crippen LogP contribution in [-0.2, 0) is 0 Å². The lowest BCUT2D eigenvalue weighted by molar-refractivity contribution is 0.969. The molecular weight excluding hydrogens is 322 g/mol. The van der Waals surface area contributed by atoms with Crippen LogP contribution >= 0.6 is 15.9 Å². The van der Waals surface area contributed by atoms with Gasteiger partial charge in [0, 0.05) is 18.6 Å². The van der Waals surface area contributed by atoms with Crippen molar-refractivity contribution in [3.63, 3.8) is 0 Å². The third kappa shape index (κ3) is 3.13. The van der Waals surface area contributed by atoms with Gasteiger partial charge >= 0.3 is 0 Å². The van der Waals surface area contributed by atoms with E-state index in [9.17, 15) is 0 Å². The second kappa shape index (κ2) is 5.71. The summed E-state index contributed by atoms with van der Waals surface area (Å²) in [6.07, 6.45) is 0. The molecular formula is C12H12BrN7. The summed E-state index contributed by atoms with van der Waals surface area (Å²) in [5, 5.41) is 12.1. The topological polar surface area (TPSA) is 104 Å². The van der Waals surface area contributed by atoms with Gasteiger partial charge in [-0.05, 0) is 18.2 Å². The summed E-state index contributed by atoms with van der Waals surface area (Å²) in [6, 6.07) is 7.36. The van der Waals surface area contributed by atoms with Gasteiger partial charge in [-0.1, -0.05) is 15.9 Å². The Kier molecular flexibility index (Phi) is 4.00. The van der Waals surface area contributed by atoms with Gasteiger partial charge in [0.25, 0.3) is 0 Å². The monoisotopic (exact) mass is 333 g/mol. The average Bonchev–Trinajstić information content (AvgIpc) is 2.38. The first-order valence-corrected chi connectivity index (χ1v) is 6.44. The van der Waals surface area contributed by atoms with E-state index in [1.54, 1.807) is 37.2 Å². The Bertz CT molecular complexity index is 678. The zero-order valence-electron chi connectivity index (χ0n) is 10.9. The predicted molar refractivity (Wildman–Crippen MR) is 80.7 cm³/mol. The Morgan fingerprint density at radius 3 is 2.70 bits per heavy atom. The number of halogens is 1. The van der Waals surface area contributed by atoms with E-state index in [4.69, 9.17) is 11.0 Å². The lowest BCUT2D eigenvalue weighted by Crippen LogP contribution is -2.15. The smallest absolute Gasteiger partial charge is 0.233 e. The Labute approximate surface area is 124 Å². The van der Waals surface area contributed by atoms with Gasteiger partial charge < -0.3 is 16.0 Å². The second-order valence-electron chi connectivity index (χ2n) is 4.14. The van der Waals surface area contributed by atoms with Crippen LogP contribution in [0, 0.1) is 11.3 Å². The van der Waals surface area contributed by atoms with E-state index in [0.29, 0.717) is 17.2 Å². The molecule has 1 heterocycles. The average molecular weight is 334 g/mol. The van der Waals surface area contributed by atoms with E-state index in [2.05, 4.69) is 42.3 Å². The molecule has 102 valence electrons. The van der Waals surface area contributed by atoms with Gasteiger partial charge in [-0.25, -0.2) is 0 Å². The predicted octanol–water partition coefficient (Wildman–Crippen LogP) is 1.90. The van der Waals surface area contributed by atoms with E-state index >= 15 is 0 Å². The van der Waals surface area contributed by atoms with Gasteiger partial charge in [0.2, 0.25) is 17.8 Å². The number of nitrogens with one attached hydrogen (secondary N) is 1. The zero-order valence-corrected chi connectivity index (χ0v) is 12.5. The molecule has 0 unspecified atom stereocenters. The van der Waals surface area contributed by atoms with E-state index < -0.39 is 0 Å². The van der Waals surface area contributed by atoms with Crippen molar-refractivity contribution in [2.45, 2.75) is 0 Å². The van der Waals surface area contributed by atoms with Gasteiger partial charge in [0.1, 0.15) is 6.07 Å². The molecule has 8 heteroatoms. The molecule has 1 aromatic heterocycles. The highest BCUT2D eigenvalue weighted by atomic mass is 79.9. The number of anilines is 4. The SMILES string of the molecule is CN(C)c1nc(N)nc(Nc2cc(Br)ccc2C#N)n1. The van der Waals surface area contributed by atoms with E-state index in [0.717, 1.165) is 4.47 Å². The Balaban J connectivity index is 2.40. The Morgan fingerprint density at radius 1 is 1.30 bits per heavy atom. The summed E-state index contributed by atoms with van der Waals surface area (Å²) >= 11 is 3.36. The van der Waals surface area contributed by atoms with E-state index in [-0.39, 0.29) is 11.9 Å². The third-order valence-corrected chi connectivity index (χ3v) is 2.88. The van der Waals surface area contributed by atoms with Crippen molar-refractivity contribution in [2.24, 2.45) is 0 Å². The number of nitriles is 1. The van der Waals surface area contributed by atoms with Gasteiger partial charge in [-0.15, -0.1) is 0 Å². The molecule has 0 aliphatic carbocycles. The maximum Gasteiger partial charge on any atom is 0.233 e. The van der Waals surface area contributed by atoms with E-state index in [1.807, 2.05) is 0 Å². The third-order valence-electron chi connectivity index (χ3n) is 2.39. The first kappa shape index (κ1) is 14.0. The molecule has 3 N–H and O–H groups in total. The summed E-state index contributed by atoms with van der Waals surface area (Å²) in [7, 11) is 3.61. The van der Waals surface area contributed by atoms with Crippen LogP contribution in [0.2, 0.25) is 0 Å². The number of aromatic nitrogens is 3. The highest BCUT2D eigenvalue weighted by molar-refractivity contribution is 9.10. The van der Waals surface area contributed by atoms with Crippen molar-refractivity contribution in [3.8, 4) is 6.07 Å². The fourth-order valence-electron chi connectivity index (χ4n) is 1.47. The van der Waals surface area contributed by atoms with Crippen LogP contribution in [-0.4, -0.2) is 29.0 Å². The van der Waals surface area contributed by atoms with Crippen molar-refractivity contribution >= 4 is 39.5 Å². The molecule has 0 aliphatic rings. The Hall–Kier alpha value is -2.40. The summed E-state index contributed by atoms with van der Waals surface area (Å²) < 4.78 is 0.842. The lowest BCUT2D eigenvalue weighted by atomic mass is 10.2. The standard InChI is InChI=1S/C12H12BrN7/c1-20(2)12-18-10(15)17-11(19-12)16-9-5-8(13)4-3-7(9)6-14/h3-5H,1-2H3,(H3,15,16,17,18,19). The quantitative estimate of drug-likeness (QED) is 0.883. The normalized spacial score (nSPS) is 9.90. The molecule has 0 spiro atoms. The minimum absolute atomic E-state index is 0.111. The number of nitrogens with two attached hydrogens (primary N) is 1. The molecule has 20 heavy (non-hydrogen) atoms. The summed E-state index contributed by atoms with van der Waals surface area (Å²) in [6.45, 7) is 0. The fraction of sp³-hybridized carbons (Fsp3) is 0.167. The molecule has 0 saturated heterocycles. The van der Waals surface area contributed by atoms with Crippen molar-refractivity contribution in [1.29, 1.82) is 5.26 Å². The number of hydrogen-bond acceptors (Lipinski definition) is 7. The van der Waals surface area contributed by atoms with Gasteiger partial charge in [0.15, 0.2) is 0 Å². The molecule has 0 fully saturated rings. The maximum absolute atomic E-state index is 9.09. The molecule has 2 aromatic rings. The molecule has 0 saturated carbocycles. The lowest BCUT2D eigenvalue weighted by Gasteiger charge is -2.12. The molecule has 0 aliphatic heterocycles. The van der Waals surface area contributed by atoms with Crippen LogP contribution in [0.1, 0.15) is 5.56 Å². The molecule has 1 aromatic carbocycles. The van der Waals surface area contributed by atoms with Crippen LogP contribution < -0.4 is 16.0 Å². The Morgan fingerprint density at radius 2 is 2.05 bits per heavy atom. The van der Waals surface area contributed by atoms with Crippen molar-refractivity contribution in [1.82, 2.24) is 15.0 Å². The first-order valence-electron chi connectivity index (χ1n) is 5.65. The molecule has 0 bridgehead atoms. The molecule has 2 rings (SSSR count). The molecule has 0 amide bonds. The van der Waals surface area contributed by atoms with Crippen LogP contribution in [0.25, 0.3) is 0 Å². The summed E-state index contributed by atoms with van der Waals surface area (Å²) in [5.41, 5.74) is 6.73. The molecule has 0 atom stereocenters. The van der Waals surface area contributed by atoms with Gasteiger partial charge in [-0.2, -0.15) is 20.2 Å². The first-order chi connectivity index (χ1) is 9.49.